The van der Waals surface area contributed by atoms with Gasteiger partial charge in [0.1, 0.15) is 5.82 Å². The summed E-state index contributed by atoms with van der Waals surface area (Å²) in [7, 11) is 0. The number of aromatic nitrogens is 1. The monoisotopic (exact) mass is 262 g/mol. The first kappa shape index (κ1) is 13.6. The van der Waals surface area contributed by atoms with Crippen LogP contribution < -0.4 is 15.5 Å². The molecule has 1 unspecified atom stereocenters. The summed E-state index contributed by atoms with van der Waals surface area (Å²) in [4.78, 5) is 17.7. The second-order valence-electron chi connectivity index (χ2n) is 4.96. The number of pyridine rings is 1. The first-order chi connectivity index (χ1) is 9.19. The SMILES string of the molecule is CCCNc1cc(N2CCC(NC(C)=O)C2)ccn1. The molecule has 1 atom stereocenters. The van der Waals surface area contributed by atoms with Crippen LogP contribution in [0.25, 0.3) is 0 Å². The molecule has 1 aromatic rings. The Morgan fingerprint density at radius 3 is 3.16 bits per heavy atom. The summed E-state index contributed by atoms with van der Waals surface area (Å²) in [5.41, 5.74) is 1.17. The minimum Gasteiger partial charge on any atom is -0.370 e. The molecule has 2 N–H and O–H groups in total. The van der Waals surface area contributed by atoms with Crippen molar-refractivity contribution in [3.05, 3.63) is 18.3 Å². The fraction of sp³-hybridized carbons (Fsp3) is 0.571. The lowest BCUT2D eigenvalue weighted by Gasteiger charge is -2.19. The van der Waals surface area contributed by atoms with Crippen LogP contribution in [0.5, 0.6) is 0 Å². The number of amides is 1. The second kappa shape index (κ2) is 6.41. The van der Waals surface area contributed by atoms with Crippen molar-refractivity contribution in [2.24, 2.45) is 0 Å². The van der Waals surface area contributed by atoms with E-state index < -0.39 is 0 Å². The second-order valence-corrected chi connectivity index (χ2v) is 4.96. The van der Waals surface area contributed by atoms with Gasteiger partial charge in [0.25, 0.3) is 0 Å². The van der Waals surface area contributed by atoms with E-state index in [0.29, 0.717) is 0 Å². The molecule has 19 heavy (non-hydrogen) atoms. The molecule has 1 aliphatic heterocycles. The van der Waals surface area contributed by atoms with Gasteiger partial charge in [-0.3, -0.25) is 4.79 Å². The van der Waals surface area contributed by atoms with Crippen LogP contribution in [0.2, 0.25) is 0 Å². The summed E-state index contributed by atoms with van der Waals surface area (Å²) in [6.45, 7) is 6.49. The van der Waals surface area contributed by atoms with Crippen LogP contribution in [0, 0.1) is 0 Å². The highest BCUT2D eigenvalue weighted by molar-refractivity contribution is 5.73. The van der Waals surface area contributed by atoms with Gasteiger partial charge in [-0.2, -0.15) is 0 Å². The van der Waals surface area contributed by atoms with Crippen molar-refractivity contribution in [2.45, 2.75) is 32.7 Å². The first-order valence-electron chi connectivity index (χ1n) is 6.91. The van der Waals surface area contributed by atoms with E-state index >= 15 is 0 Å². The molecule has 1 amide bonds. The molecule has 0 bridgehead atoms. The third-order valence-corrected chi connectivity index (χ3v) is 3.26. The van der Waals surface area contributed by atoms with Gasteiger partial charge in [0.2, 0.25) is 5.91 Å². The highest BCUT2D eigenvalue weighted by Gasteiger charge is 2.23. The molecule has 2 rings (SSSR count). The largest absolute Gasteiger partial charge is 0.370 e. The van der Waals surface area contributed by atoms with Gasteiger partial charge in [0.15, 0.2) is 0 Å². The first-order valence-corrected chi connectivity index (χ1v) is 6.91. The third kappa shape index (κ3) is 3.84. The predicted octanol–water partition coefficient (Wildman–Crippen LogP) is 1.62. The van der Waals surface area contributed by atoms with E-state index in [1.807, 2.05) is 12.3 Å². The van der Waals surface area contributed by atoms with Crippen molar-refractivity contribution in [1.82, 2.24) is 10.3 Å². The molecule has 0 spiro atoms. The highest BCUT2D eigenvalue weighted by atomic mass is 16.1. The standard InChI is InChI=1S/C14H22N4O/c1-3-6-15-14-9-13(4-7-16-14)18-8-5-12(10-18)17-11(2)19/h4,7,9,12H,3,5-6,8,10H2,1-2H3,(H,15,16)(H,17,19). The lowest BCUT2D eigenvalue weighted by Crippen LogP contribution is -2.35. The van der Waals surface area contributed by atoms with E-state index in [-0.39, 0.29) is 11.9 Å². The van der Waals surface area contributed by atoms with E-state index in [2.05, 4.69) is 33.5 Å². The van der Waals surface area contributed by atoms with Gasteiger partial charge in [-0.1, -0.05) is 6.92 Å². The van der Waals surface area contributed by atoms with Crippen LogP contribution in [-0.2, 0) is 4.79 Å². The smallest absolute Gasteiger partial charge is 0.217 e. The summed E-state index contributed by atoms with van der Waals surface area (Å²) in [6.07, 6.45) is 3.92. The van der Waals surface area contributed by atoms with Gasteiger partial charge in [-0.05, 0) is 18.9 Å². The number of nitrogens with zero attached hydrogens (tertiary/aromatic N) is 2. The zero-order valence-corrected chi connectivity index (χ0v) is 11.6. The van der Waals surface area contributed by atoms with Gasteiger partial charge in [0, 0.05) is 50.6 Å². The number of anilines is 2. The number of nitrogens with one attached hydrogen (secondary N) is 2. The molecule has 1 aromatic heterocycles. The highest BCUT2D eigenvalue weighted by Crippen LogP contribution is 2.22. The maximum atomic E-state index is 11.1. The van der Waals surface area contributed by atoms with Gasteiger partial charge in [-0.25, -0.2) is 4.98 Å². The zero-order chi connectivity index (χ0) is 13.7. The summed E-state index contributed by atoms with van der Waals surface area (Å²) < 4.78 is 0. The molecule has 104 valence electrons. The topological polar surface area (TPSA) is 57.3 Å². The summed E-state index contributed by atoms with van der Waals surface area (Å²) in [6, 6.07) is 4.36. The number of rotatable bonds is 5. The quantitative estimate of drug-likeness (QED) is 0.846. The Morgan fingerprint density at radius 2 is 2.42 bits per heavy atom. The number of hydrogen-bond donors (Lipinski definition) is 2. The van der Waals surface area contributed by atoms with Crippen LogP contribution in [0.15, 0.2) is 18.3 Å². The molecular formula is C14H22N4O. The van der Waals surface area contributed by atoms with Gasteiger partial charge in [0.05, 0.1) is 0 Å². The molecule has 5 nitrogen and oxygen atoms in total. The van der Waals surface area contributed by atoms with E-state index in [9.17, 15) is 4.79 Å². The van der Waals surface area contributed by atoms with Crippen molar-refractivity contribution < 1.29 is 4.79 Å². The lowest BCUT2D eigenvalue weighted by atomic mass is 10.2. The van der Waals surface area contributed by atoms with Crippen molar-refractivity contribution in [1.29, 1.82) is 0 Å². The molecule has 5 heteroatoms. The van der Waals surface area contributed by atoms with Gasteiger partial charge >= 0.3 is 0 Å². The number of carbonyl (C=O) groups excluding carboxylic acids is 1. The Kier molecular flexibility index (Phi) is 4.60. The van der Waals surface area contributed by atoms with Crippen LogP contribution in [0.1, 0.15) is 26.7 Å². The average molecular weight is 262 g/mol. The maximum Gasteiger partial charge on any atom is 0.217 e. The molecule has 0 radical (unpaired) electrons. The fourth-order valence-electron chi connectivity index (χ4n) is 2.37. The van der Waals surface area contributed by atoms with Crippen molar-refractivity contribution in [3.63, 3.8) is 0 Å². The Labute approximate surface area is 114 Å². The van der Waals surface area contributed by atoms with E-state index in [1.54, 1.807) is 6.92 Å². The van der Waals surface area contributed by atoms with Crippen molar-refractivity contribution >= 4 is 17.4 Å². The number of carbonyl (C=O) groups is 1. The average Bonchev–Trinajstić information content (AvgIpc) is 2.84. The third-order valence-electron chi connectivity index (χ3n) is 3.26. The predicted molar refractivity (Wildman–Crippen MR) is 77.5 cm³/mol. The van der Waals surface area contributed by atoms with Gasteiger partial charge < -0.3 is 15.5 Å². The molecule has 0 aliphatic carbocycles. The maximum absolute atomic E-state index is 11.1. The van der Waals surface area contributed by atoms with Crippen LogP contribution in [-0.4, -0.2) is 36.6 Å². The Morgan fingerprint density at radius 1 is 1.58 bits per heavy atom. The normalized spacial score (nSPS) is 18.4. The van der Waals surface area contributed by atoms with Crippen LogP contribution >= 0.6 is 0 Å². The van der Waals surface area contributed by atoms with Gasteiger partial charge in [-0.15, -0.1) is 0 Å². The van der Waals surface area contributed by atoms with Crippen molar-refractivity contribution in [2.75, 3.05) is 29.9 Å². The molecule has 1 saturated heterocycles. The zero-order valence-electron chi connectivity index (χ0n) is 11.6. The molecule has 0 aromatic carbocycles. The Balaban J connectivity index is 1.96. The summed E-state index contributed by atoms with van der Waals surface area (Å²) >= 11 is 0. The fourth-order valence-corrected chi connectivity index (χ4v) is 2.37. The molecule has 1 fully saturated rings. The molecule has 1 aliphatic rings. The van der Waals surface area contributed by atoms with Crippen LogP contribution in [0.4, 0.5) is 11.5 Å². The van der Waals surface area contributed by atoms with E-state index in [1.165, 1.54) is 5.69 Å². The molecular weight excluding hydrogens is 240 g/mol. The molecule has 0 saturated carbocycles. The Hall–Kier alpha value is -1.78. The Bertz CT molecular complexity index is 435. The minimum atomic E-state index is 0.0480. The lowest BCUT2D eigenvalue weighted by molar-refractivity contribution is -0.119. The van der Waals surface area contributed by atoms with Crippen molar-refractivity contribution in [3.8, 4) is 0 Å². The minimum absolute atomic E-state index is 0.0480. The summed E-state index contributed by atoms with van der Waals surface area (Å²) in [5.74, 6) is 0.967. The molecule has 2 heterocycles. The summed E-state index contributed by atoms with van der Waals surface area (Å²) in [5, 5.41) is 6.27. The van der Waals surface area contributed by atoms with E-state index in [4.69, 9.17) is 0 Å². The van der Waals surface area contributed by atoms with Crippen LogP contribution in [0.3, 0.4) is 0 Å². The van der Waals surface area contributed by atoms with E-state index in [0.717, 1.165) is 38.3 Å². The number of hydrogen-bond acceptors (Lipinski definition) is 4.